The van der Waals surface area contributed by atoms with Gasteiger partial charge in [-0.05, 0) is 62.4 Å². The topological polar surface area (TPSA) is 88.4 Å². The van der Waals surface area contributed by atoms with Crippen LogP contribution in [0.2, 0.25) is 0 Å². The largest absolute Gasteiger partial charge is 0.486 e. The molecular weight excluding hydrogens is 413 g/mol. The van der Waals surface area contributed by atoms with Crippen LogP contribution in [0.1, 0.15) is 36.0 Å². The van der Waals surface area contributed by atoms with E-state index in [4.69, 9.17) is 9.15 Å². The first-order valence-electron chi connectivity index (χ1n) is 10.2. The molecule has 0 atom stereocenters. The van der Waals surface area contributed by atoms with E-state index in [-0.39, 0.29) is 42.2 Å². The number of hydrogen-bond acceptors (Lipinski definition) is 5. The van der Waals surface area contributed by atoms with E-state index in [1.54, 1.807) is 35.2 Å². The van der Waals surface area contributed by atoms with Crippen LogP contribution < -0.4 is 10.3 Å². The molecule has 0 bridgehead atoms. The van der Waals surface area contributed by atoms with Crippen molar-refractivity contribution < 1.29 is 18.3 Å². The molecule has 0 aliphatic rings. The number of halogens is 1. The summed E-state index contributed by atoms with van der Waals surface area (Å²) in [4.78, 5) is 34.2. The molecule has 0 unspecified atom stereocenters. The van der Waals surface area contributed by atoms with Gasteiger partial charge in [-0.2, -0.15) is 0 Å². The molecule has 0 aliphatic heterocycles. The average Bonchev–Trinajstić information content (AvgIpc) is 3.26. The van der Waals surface area contributed by atoms with E-state index in [2.05, 4.69) is 9.97 Å². The van der Waals surface area contributed by atoms with E-state index in [0.717, 1.165) is 0 Å². The SMILES string of the molecule is CC(C)N(Cc1nc2ccccc2c(=O)[nH]1)C(=O)c1ccc(COc2ccc(F)cc2)o1. The van der Waals surface area contributed by atoms with E-state index in [0.29, 0.717) is 28.2 Å². The van der Waals surface area contributed by atoms with Gasteiger partial charge in [0.2, 0.25) is 0 Å². The van der Waals surface area contributed by atoms with Crippen molar-refractivity contribution in [1.29, 1.82) is 0 Å². The second kappa shape index (κ2) is 9.05. The van der Waals surface area contributed by atoms with Crippen LogP contribution in [0.25, 0.3) is 10.9 Å². The fraction of sp³-hybridized carbons (Fsp3) is 0.208. The zero-order valence-corrected chi connectivity index (χ0v) is 17.7. The second-order valence-corrected chi connectivity index (χ2v) is 7.57. The number of nitrogens with zero attached hydrogens (tertiary/aromatic N) is 2. The average molecular weight is 435 g/mol. The Hall–Kier alpha value is -3.94. The molecule has 0 saturated carbocycles. The maximum absolute atomic E-state index is 13.1. The van der Waals surface area contributed by atoms with E-state index in [9.17, 15) is 14.0 Å². The maximum atomic E-state index is 13.1. The number of rotatable bonds is 7. The third-order valence-corrected chi connectivity index (χ3v) is 4.93. The molecule has 0 spiro atoms. The second-order valence-electron chi connectivity index (χ2n) is 7.57. The van der Waals surface area contributed by atoms with Gasteiger partial charge in [-0.1, -0.05) is 12.1 Å². The number of aromatic nitrogens is 2. The number of nitrogens with one attached hydrogen (secondary N) is 1. The minimum Gasteiger partial charge on any atom is -0.486 e. The molecule has 0 radical (unpaired) electrons. The quantitative estimate of drug-likeness (QED) is 0.468. The third-order valence-electron chi connectivity index (χ3n) is 4.93. The molecule has 32 heavy (non-hydrogen) atoms. The normalized spacial score (nSPS) is 11.1. The van der Waals surface area contributed by atoms with Crippen LogP contribution in [0.5, 0.6) is 5.75 Å². The first-order valence-corrected chi connectivity index (χ1v) is 10.2. The summed E-state index contributed by atoms with van der Waals surface area (Å²) in [5.74, 6) is 0.814. The number of carbonyl (C=O) groups excluding carboxylic acids is 1. The number of aromatic amines is 1. The highest BCUT2D eigenvalue weighted by atomic mass is 19.1. The third kappa shape index (κ3) is 4.69. The van der Waals surface area contributed by atoms with Crippen LogP contribution in [0.3, 0.4) is 0 Å². The van der Waals surface area contributed by atoms with Crippen molar-refractivity contribution in [3.63, 3.8) is 0 Å². The van der Waals surface area contributed by atoms with Gasteiger partial charge in [-0.3, -0.25) is 9.59 Å². The molecule has 2 heterocycles. The van der Waals surface area contributed by atoms with Crippen molar-refractivity contribution >= 4 is 16.8 Å². The molecule has 8 heteroatoms. The molecule has 2 aromatic heterocycles. The number of furan rings is 1. The van der Waals surface area contributed by atoms with Gasteiger partial charge in [0.25, 0.3) is 11.5 Å². The highest BCUT2D eigenvalue weighted by Gasteiger charge is 2.23. The summed E-state index contributed by atoms with van der Waals surface area (Å²) >= 11 is 0. The fourth-order valence-corrected chi connectivity index (χ4v) is 3.26. The lowest BCUT2D eigenvalue weighted by Gasteiger charge is -2.25. The zero-order chi connectivity index (χ0) is 22.7. The molecule has 0 aliphatic carbocycles. The number of ether oxygens (including phenoxy) is 1. The van der Waals surface area contributed by atoms with Crippen molar-refractivity contribution in [2.24, 2.45) is 0 Å². The smallest absolute Gasteiger partial charge is 0.290 e. The van der Waals surface area contributed by atoms with Crippen molar-refractivity contribution in [1.82, 2.24) is 14.9 Å². The molecule has 0 fully saturated rings. The Morgan fingerprint density at radius 2 is 1.88 bits per heavy atom. The van der Waals surface area contributed by atoms with Gasteiger partial charge >= 0.3 is 0 Å². The minimum absolute atomic E-state index is 0.0974. The number of carbonyl (C=O) groups is 1. The van der Waals surface area contributed by atoms with Gasteiger partial charge in [0.05, 0.1) is 17.4 Å². The summed E-state index contributed by atoms with van der Waals surface area (Å²) in [6.07, 6.45) is 0. The van der Waals surface area contributed by atoms with Crippen LogP contribution in [-0.4, -0.2) is 26.8 Å². The van der Waals surface area contributed by atoms with Gasteiger partial charge < -0.3 is 19.0 Å². The molecule has 2 aromatic carbocycles. The summed E-state index contributed by atoms with van der Waals surface area (Å²) in [5, 5.41) is 0.496. The lowest BCUT2D eigenvalue weighted by Crippen LogP contribution is -2.37. The maximum Gasteiger partial charge on any atom is 0.290 e. The first-order chi connectivity index (χ1) is 15.4. The Labute approximate surface area is 183 Å². The van der Waals surface area contributed by atoms with E-state index >= 15 is 0 Å². The van der Waals surface area contributed by atoms with Crippen LogP contribution in [-0.2, 0) is 13.2 Å². The van der Waals surface area contributed by atoms with Gasteiger partial charge in [-0.15, -0.1) is 0 Å². The summed E-state index contributed by atoms with van der Waals surface area (Å²) in [7, 11) is 0. The lowest BCUT2D eigenvalue weighted by atomic mass is 10.2. The van der Waals surface area contributed by atoms with Crippen LogP contribution in [0, 0.1) is 5.82 Å². The molecule has 7 nitrogen and oxygen atoms in total. The molecule has 4 rings (SSSR count). The Bertz CT molecular complexity index is 1290. The molecule has 4 aromatic rings. The van der Waals surface area contributed by atoms with E-state index in [1.807, 2.05) is 19.9 Å². The molecular formula is C24H22FN3O4. The predicted molar refractivity (Wildman–Crippen MR) is 117 cm³/mol. The van der Waals surface area contributed by atoms with Crippen LogP contribution in [0.15, 0.2) is 69.9 Å². The van der Waals surface area contributed by atoms with Gasteiger partial charge in [0, 0.05) is 6.04 Å². The fourth-order valence-electron chi connectivity index (χ4n) is 3.26. The Morgan fingerprint density at radius 1 is 1.12 bits per heavy atom. The lowest BCUT2D eigenvalue weighted by molar-refractivity contribution is 0.0648. The van der Waals surface area contributed by atoms with Gasteiger partial charge in [0.15, 0.2) is 5.76 Å². The number of para-hydroxylation sites is 1. The van der Waals surface area contributed by atoms with E-state index < -0.39 is 0 Å². The molecule has 1 N–H and O–H groups in total. The zero-order valence-electron chi connectivity index (χ0n) is 17.7. The summed E-state index contributed by atoms with van der Waals surface area (Å²) in [6.45, 7) is 3.97. The first kappa shape index (κ1) is 21.3. The molecule has 0 saturated heterocycles. The Balaban J connectivity index is 1.49. The summed E-state index contributed by atoms with van der Waals surface area (Å²) in [6, 6.07) is 15.8. The highest BCUT2D eigenvalue weighted by molar-refractivity contribution is 5.91. The number of benzene rings is 2. The Morgan fingerprint density at radius 3 is 2.62 bits per heavy atom. The van der Waals surface area contributed by atoms with Crippen LogP contribution >= 0.6 is 0 Å². The van der Waals surface area contributed by atoms with Gasteiger partial charge in [-0.25, -0.2) is 9.37 Å². The van der Waals surface area contributed by atoms with Crippen molar-refractivity contribution in [3.8, 4) is 5.75 Å². The van der Waals surface area contributed by atoms with E-state index in [1.165, 1.54) is 24.3 Å². The standard InChI is InChI=1S/C24H22FN3O4/c1-15(2)28(13-22-26-20-6-4-3-5-19(20)23(29)27-22)24(30)21-12-11-18(32-21)14-31-17-9-7-16(25)8-10-17/h3-12,15H,13-14H2,1-2H3,(H,26,27,29). The number of amides is 1. The summed E-state index contributed by atoms with van der Waals surface area (Å²) < 4.78 is 24.2. The summed E-state index contributed by atoms with van der Waals surface area (Å²) in [5.41, 5.74) is 0.320. The minimum atomic E-state index is -0.348. The van der Waals surface area contributed by atoms with Crippen molar-refractivity contribution in [2.45, 2.75) is 33.0 Å². The highest BCUT2D eigenvalue weighted by Crippen LogP contribution is 2.18. The number of H-pyrrole nitrogens is 1. The van der Waals surface area contributed by atoms with Crippen LogP contribution in [0.4, 0.5) is 4.39 Å². The number of hydrogen-bond donors (Lipinski definition) is 1. The van der Waals surface area contributed by atoms with Gasteiger partial charge in [0.1, 0.15) is 29.8 Å². The number of fused-ring (bicyclic) bond motifs is 1. The monoisotopic (exact) mass is 435 g/mol. The molecule has 164 valence electrons. The van der Waals surface area contributed by atoms with Crippen molar-refractivity contribution in [2.75, 3.05) is 0 Å². The molecule has 1 amide bonds. The Kier molecular flexibility index (Phi) is 6.02. The van der Waals surface area contributed by atoms with Crippen molar-refractivity contribution in [3.05, 3.63) is 94.2 Å². The predicted octanol–water partition coefficient (Wildman–Crippen LogP) is 4.29.